The van der Waals surface area contributed by atoms with Crippen molar-refractivity contribution >= 4 is 27.5 Å². The van der Waals surface area contributed by atoms with Crippen LogP contribution in [0.3, 0.4) is 0 Å². The first-order valence-corrected chi connectivity index (χ1v) is 12.9. The van der Waals surface area contributed by atoms with Gasteiger partial charge in [0.05, 0.1) is 16.0 Å². The SMILES string of the molecule is CCc1ccc(C(CNC(=O)C2CCN(S(=O)(=O)c3ccc(F)c(Cl)c3)CC2)N(C)C)cc1. The van der Waals surface area contributed by atoms with Gasteiger partial charge in [0.25, 0.3) is 0 Å². The molecule has 1 atom stereocenters. The number of piperidine rings is 1. The van der Waals surface area contributed by atoms with Gasteiger partial charge in [0.1, 0.15) is 5.82 Å². The van der Waals surface area contributed by atoms with Crippen molar-refractivity contribution in [3.8, 4) is 0 Å². The molecule has 2 aromatic carbocycles. The van der Waals surface area contributed by atoms with E-state index in [1.807, 2.05) is 14.1 Å². The zero-order chi connectivity index (χ0) is 24.2. The third-order valence-electron chi connectivity index (χ3n) is 6.22. The van der Waals surface area contributed by atoms with E-state index in [2.05, 4.69) is 41.4 Å². The summed E-state index contributed by atoms with van der Waals surface area (Å²) in [6.45, 7) is 3.05. The van der Waals surface area contributed by atoms with Crippen molar-refractivity contribution < 1.29 is 17.6 Å². The van der Waals surface area contributed by atoms with Gasteiger partial charge >= 0.3 is 0 Å². The van der Waals surface area contributed by atoms with Crippen molar-refractivity contribution in [2.45, 2.75) is 37.1 Å². The number of nitrogens with one attached hydrogen (secondary N) is 1. The van der Waals surface area contributed by atoms with Gasteiger partial charge in [0.15, 0.2) is 0 Å². The number of aryl methyl sites for hydroxylation is 1. The van der Waals surface area contributed by atoms with Crippen molar-refractivity contribution in [3.05, 3.63) is 64.4 Å². The van der Waals surface area contributed by atoms with E-state index >= 15 is 0 Å². The molecule has 6 nitrogen and oxygen atoms in total. The van der Waals surface area contributed by atoms with Crippen molar-refractivity contribution in [2.24, 2.45) is 5.92 Å². The number of carbonyl (C=O) groups excluding carboxylic acids is 1. The second-order valence-corrected chi connectivity index (χ2v) is 10.9. The van der Waals surface area contributed by atoms with Crippen molar-refractivity contribution in [2.75, 3.05) is 33.7 Å². The van der Waals surface area contributed by atoms with E-state index in [0.29, 0.717) is 19.4 Å². The number of nitrogens with zero attached hydrogens (tertiary/aromatic N) is 2. The summed E-state index contributed by atoms with van der Waals surface area (Å²) in [5.74, 6) is -0.976. The van der Waals surface area contributed by atoms with E-state index in [1.165, 1.54) is 15.9 Å². The van der Waals surface area contributed by atoms with Gasteiger partial charge in [-0.15, -0.1) is 0 Å². The molecule has 9 heteroatoms. The summed E-state index contributed by atoms with van der Waals surface area (Å²) in [6, 6.07) is 11.8. The van der Waals surface area contributed by atoms with E-state index in [9.17, 15) is 17.6 Å². The maximum Gasteiger partial charge on any atom is 0.243 e. The maximum absolute atomic E-state index is 13.4. The highest BCUT2D eigenvalue weighted by Crippen LogP contribution is 2.27. The first-order valence-electron chi connectivity index (χ1n) is 11.1. The second kappa shape index (κ2) is 11.0. The standard InChI is InChI=1S/C24H31ClFN3O3S/c1-4-17-5-7-18(8-6-17)23(28(2)3)16-27-24(30)19-11-13-29(14-12-19)33(31,32)20-9-10-22(26)21(25)15-20/h5-10,15,19,23H,4,11-14,16H2,1-3H3,(H,27,30). The van der Waals surface area contributed by atoms with E-state index < -0.39 is 15.8 Å². The zero-order valence-corrected chi connectivity index (χ0v) is 20.8. The lowest BCUT2D eigenvalue weighted by atomic mass is 9.96. The van der Waals surface area contributed by atoms with Crippen molar-refractivity contribution in [3.63, 3.8) is 0 Å². The molecule has 0 aliphatic carbocycles. The molecule has 3 rings (SSSR count). The molecule has 0 saturated carbocycles. The average Bonchev–Trinajstić information content (AvgIpc) is 2.81. The molecule has 1 aliphatic heterocycles. The molecule has 0 bridgehead atoms. The summed E-state index contributed by atoms with van der Waals surface area (Å²) in [4.78, 5) is 14.8. The number of amides is 1. The van der Waals surface area contributed by atoms with Gasteiger partial charge in [-0.2, -0.15) is 4.31 Å². The monoisotopic (exact) mass is 495 g/mol. The molecule has 1 saturated heterocycles. The highest BCUT2D eigenvalue weighted by Gasteiger charge is 2.32. The molecule has 0 aromatic heterocycles. The summed E-state index contributed by atoms with van der Waals surface area (Å²) >= 11 is 5.75. The molecule has 33 heavy (non-hydrogen) atoms. The molecule has 1 N–H and O–H groups in total. The fourth-order valence-electron chi connectivity index (χ4n) is 4.06. The van der Waals surface area contributed by atoms with Crippen molar-refractivity contribution in [1.29, 1.82) is 0 Å². The highest BCUT2D eigenvalue weighted by atomic mass is 35.5. The van der Waals surface area contributed by atoms with Crippen LogP contribution in [0.2, 0.25) is 5.02 Å². The minimum Gasteiger partial charge on any atom is -0.354 e. The van der Waals surface area contributed by atoms with E-state index in [4.69, 9.17) is 11.6 Å². The molecule has 2 aromatic rings. The summed E-state index contributed by atoms with van der Waals surface area (Å²) in [5, 5.41) is 2.82. The first kappa shape index (κ1) is 25.6. The Morgan fingerprint density at radius 3 is 2.36 bits per heavy atom. The van der Waals surface area contributed by atoms with Gasteiger partial charge in [0.2, 0.25) is 15.9 Å². The van der Waals surface area contributed by atoms with Crippen LogP contribution in [0.1, 0.15) is 36.9 Å². The third-order valence-corrected chi connectivity index (χ3v) is 8.40. The number of rotatable bonds is 8. The molecule has 1 heterocycles. The maximum atomic E-state index is 13.4. The second-order valence-electron chi connectivity index (χ2n) is 8.57. The minimum atomic E-state index is -3.79. The number of benzene rings is 2. The van der Waals surface area contributed by atoms with Crippen LogP contribution in [0, 0.1) is 11.7 Å². The lowest BCUT2D eigenvalue weighted by Crippen LogP contribution is -2.44. The molecule has 0 spiro atoms. The Kier molecular flexibility index (Phi) is 8.50. The predicted molar refractivity (Wildman–Crippen MR) is 128 cm³/mol. The van der Waals surface area contributed by atoms with Crippen LogP contribution >= 0.6 is 11.6 Å². The summed E-state index contributed by atoms with van der Waals surface area (Å²) in [5.41, 5.74) is 2.40. The van der Waals surface area contributed by atoms with Crippen LogP contribution in [-0.4, -0.2) is 57.3 Å². The van der Waals surface area contributed by atoms with Crippen LogP contribution < -0.4 is 5.32 Å². The number of halogens is 2. The topological polar surface area (TPSA) is 69.7 Å². The van der Waals surface area contributed by atoms with E-state index in [1.54, 1.807) is 0 Å². The van der Waals surface area contributed by atoms with E-state index in [0.717, 1.165) is 24.1 Å². The Hall–Kier alpha value is -2.00. The Labute approximate surface area is 200 Å². The van der Waals surface area contributed by atoms with Gasteiger partial charge in [-0.25, -0.2) is 12.8 Å². The van der Waals surface area contributed by atoms with Gasteiger partial charge in [-0.05, 0) is 62.7 Å². The van der Waals surface area contributed by atoms with Gasteiger partial charge in [0, 0.05) is 25.6 Å². The highest BCUT2D eigenvalue weighted by molar-refractivity contribution is 7.89. The van der Waals surface area contributed by atoms with Crippen LogP contribution in [0.15, 0.2) is 47.4 Å². The number of hydrogen-bond acceptors (Lipinski definition) is 4. The molecule has 1 unspecified atom stereocenters. The smallest absolute Gasteiger partial charge is 0.243 e. The van der Waals surface area contributed by atoms with Crippen molar-refractivity contribution in [1.82, 2.24) is 14.5 Å². The van der Waals surface area contributed by atoms with Gasteiger partial charge < -0.3 is 10.2 Å². The Morgan fingerprint density at radius 2 is 1.82 bits per heavy atom. The lowest BCUT2D eigenvalue weighted by Gasteiger charge is -2.31. The zero-order valence-electron chi connectivity index (χ0n) is 19.2. The molecule has 1 aliphatic rings. The van der Waals surface area contributed by atoms with Gasteiger partial charge in [-0.1, -0.05) is 42.8 Å². The predicted octanol–water partition coefficient (Wildman–Crippen LogP) is 3.86. The van der Waals surface area contributed by atoms with Crippen LogP contribution in [0.25, 0.3) is 0 Å². The molecule has 1 fully saturated rings. The van der Waals surface area contributed by atoms with Gasteiger partial charge in [-0.3, -0.25) is 4.79 Å². The number of carbonyl (C=O) groups is 1. The minimum absolute atomic E-state index is 0.0419. The largest absolute Gasteiger partial charge is 0.354 e. The van der Waals surface area contributed by atoms with E-state index in [-0.39, 0.29) is 40.9 Å². The molecule has 180 valence electrons. The Bertz CT molecular complexity index is 1070. The summed E-state index contributed by atoms with van der Waals surface area (Å²) in [7, 11) is 0.178. The molecular formula is C24H31ClFN3O3S. The number of likely N-dealkylation sites (N-methyl/N-ethyl adjacent to an activating group) is 1. The average molecular weight is 496 g/mol. The first-order chi connectivity index (χ1) is 15.6. The fourth-order valence-corrected chi connectivity index (χ4v) is 5.80. The third kappa shape index (κ3) is 6.12. The summed E-state index contributed by atoms with van der Waals surface area (Å²) in [6.07, 6.45) is 1.84. The quantitative estimate of drug-likeness (QED) is 0.603. The number of sulfonamides is 1. The Balaban J connectivity index is 1.57. The van der Waals surface area contributed by atoms with Crippen LogP contribution in [0.5, 0.6) is 0 Å². The molecular weight excluding hydrogens is 465 g/mol. The molecule has 0 radical (unpaired) electrons. The Morgan fingerprint density at radius 1 is 1.18 bits per heavy atom. The normalized spacial score (nSPS) is 16.7. The lowest BCUT2D eigenvalue weighted by molar-refractivity contribution is -0.126. The van der Waals surface area contributed by atoms with Crippen LogP contribution in [-0.2, 0) is 21.2 Å². The molecule has 1 amide bonds. The summed E-state index contributed by atoms with van der Waals surface area (Å²) < 4.78 is 40.5. The number of hydrogen-bond donors (Lipinski definition) is 1. The fraction of sp³-hybridized carbons (Fsp3) is 0.458. The van der Waals surface area contributed by atoms with Crippen LogP contribution in [0.4, 0.5) is 4.39 Å².